The first kappa shape index (κ1) is 15.6. The monoisotopic (exact) mass is 343 g/mol. The highest BCUT2D eigenvalue weighted by molar-refractivity contribution is 7.17. The van der Waals surface area contributed by atoms with Gasteiger partial charge in [0.05, 0.1) is 4.88 Å². The molecule has 23 heavy (non-hydrogen) atoms. The number of anilines is 1. The van der Waals surface area contributed by atoms with Crippen molar-refractivity contribution in [3.05, 3.63) is 64.0 Å². The lowest BCUT2D eigenvalue weighted by molar-refractivity contribution is 0.102. The first-order valence-electron chi connectivity index (χ1n) is 6.99. The van der Waals surface area contributed by atoms with Crippen LogP contribution in [0, 0.1) is 13.8 Å². The summed E-state index contributed by atoms with van der Waals surface area (Å²) in [5.74, 6) is -0.237. The fraction of sp³-hybridized carbons (Fsp3) is 0.118. The van der Waals surface area contributed by atoms with Crippen LogP contribution in [0.5, 0.6) is 0 Å². The first-order valence-corrected chi connectivity index (χ1v) is 8.18. The summed E-state index contributed by atoms with van der Waals surface area (Å²) < 4.78 is 0. The highest BCUT2D eigenvalue weighted by Crippen LogP contribution is 2.33. The van der Waals surface area contributed by atoms with E-state index in [1.54, 1.807) is 24.7 Å². The highest BCUT2D eigenvalue weighted by Gasteiger charge is 2.14. The zero-order valence-corrected chi connectivity index (χ0v) is 14.2. The molecule has 2 heterocycles. The third-order valence-electron chi connectivity index (χ3n) is 3.36. The Morgan fingerprint density at radius 1 is 1.22 bits per heavy atom. The molecule has 1 N–H and O–H groups in total. The van der Waals surface area contributed by atoms with Gasteiger partial charge in [0.2, 0.25) is 0 Å². The summed E-state index contributed by atoms with van der Waals surface area (Å²) in [6, 6.07) is 7.56. The SMILES string of the molecule is Cc1ccc(Cl)c(-c2cnc(C(=O)Nc3ccncc3C)s2)c1. The van der Waals surface area contributed by atoms with Gasteiger partial charge in [0.15, 0.2) is 5.01 Å². The van der Waals surface area contributed by atoms with Crippen LogP contribution >= 0.6 is 22.9 Å². The van der Waals surface area contributed by atoms with E-state index in [0.29, 0.717) is 10.0 Å². The average Bonchev–Trinajstić information content (AvgIpc) is 3.02. The predicted molar refractivity (Wildman–Crippen MR) is 94.2 cm³/mol. The van der Waals surface area contributed by atoms with E-state index in [9.17, 15) is 4.79 Å². The second-order valence-corrected chi connectivity index (χ2v) is 6.60. The number of pyridine rings is 1. The lowest BCUT2D eigenvalue weighted by Gasteiger charge is -2.05. The Balaban J connectivity index is 1.86. The van der Waals surface area contributed by atoms with Gasteiger partial charge < -0.3 is 5.32 Å². The van der Waals surface area contributed by atoms with Gasteiger partial charge in [-0.1, -0.05) is 23.2 Å². The quantitative estimate of drug-likeness (QED) is 0.748. The normalized spacial score (nSPS) is 10.6. The lowest BCUT2D eigenvalue weighted by atomic mass is 10.1. The number of benzene rings is 1. The third-order valence-corrected chi connectivity index (χ3v) is 4.71. The van der Waals surface area contributed by atoms with Crippen LogP contribution in [-0.4, -0.2) is 15.9 Å². The fourth-order valence-corrected chi connectivity index (χ4v) is 3.24. The number of amides is 1. The fourth-order valence-electron chi connectivity index (χ4n) is 2.12. The minimum absolute atomic E-state index is 0.237. The maximum Gasteiger partial charge on any atom is 0.284 e. The molecule has 0 saturated heterocycles. The van der Waals surface area contributed by atoms with Crippen LogP contribution in [0.3, 0.4) is 0 Å². The molecule has 0 aliphatic rings. The minimum Gasteiger partial charge on any atom is -0.320 e. The molecule has 6 heteroatoms. The van der Waals surface area contributed by atoms with E-state index in [0.717, 1.165) is 27.3 Å². The number of carbonyl (C=O) groups is 1. The number of nitrogens with one attached hydrogen (secondary N) is 1. The van der Waals surface area contributed by atoms with Crippen LogP contribution in [0.25, 0.3) is 10.4 Å². The van der Waals surface area contributed by atoms with E-state index in [-0.39, 0.29) is 5.91 Å². The van der Waals surface area contributed by atoms with Gasteiger partial charge in [-0.05, 0) is 37.6 Å². The number of aromatic nitrogens is 2. The molecule has 116 valence electrons. The molecule has 2 aromatic heterocycles. The Labute approximate surface area is 143 Å². The van der Waals surface area contributed by atoms with Gasteiger partial charge in [-0.2, -0.15) is 0 Å². The zero-order chi connectivity index (χ0) is 16.4. The molecule has 0 spiro atoms. The summed E-state index contributed by atoms with van der Waals surface area (Å²) in [4.78, 5) is 21.4. The molecule has 1 aromatic carbocycles. The van der Waals surface area contributed by atoms with Gasteiger partial charge in [0.1, 0.15) is 0 Å². The Morgan fingerprint density at radius 2 is 2.04 bits per heavy atom. The standard InChI is InChI=1S/C17H14ClN3OS/c1-10-3-4-13(18)12(7-10)15-9-20-17(23-15)16(22)21-14-5-6-19-8-11(14)2/h3-9H,1-2H3,(H,19,21,22). The molecule has 0 aliphatic heterocycles. The van der Waals surface area contributed by atoms with Crippen molar-refractivity contribution in [1.29, 1.82) is 0 Å². The molecular weight excluding hydrogens is 330 g/mol. The predicted octanol–water partition coefficient (Wildman–Crippen LogP) is 4.73. The molecule has 0 unspecified atom stereocenters. The number of hydrogen-bond donors (Lipinski definition) is 1. The molecular formula is C17H14ClN3OS. The maximum absolute atomic E-state index is 12.3. The van der Waals surface area contributed by atoms with Gasteiger partial charge in [-0.15, -0.1) is 11.3 Å². The number of thiazole rings is 1. The summed E-state index contributed by atoms with van der Waals surface area (Å²) in [5.41, 5.74) is 3.63. The zero-order valence-electron chi connectivity index (χ0n) is 12.6. The van der Waals surface area contributed by atoms with Crippen molar-refractivity contribution < 1.29 is 4.79 Å². The summed E-state index contributed by atoms with van der Waals surface area (Å²) >= 11 is 7.56. The molecule has 0 aliphatic carbocycles. The lowest BCUT2D eigenvalue weighted by Crippen LogP contribution is -2.12. The second kappa shape index (κ2) is 6.48. The summed E-state index contributed by atoms with van der Waals surface area (Å²) in [5, 5.41) is 3.90. The number of aryl methyl sites for hydroxylation is 2. The van der Waals surface area contributed by atoms with Gasteiger partial charge >= 0.3 is 0 Å². The van der Waals surface area contributed by atoms with Crippen molar-refractivity contribution in [2.24, 2.45) is 0 Å². The molecule has 0 bridgehead atoms. The van der Waals surface area contributed by atoms with Gasteiger partial charge in [-0.25, -0.2) is 4.98 Å². The Bertz CT molecular complexity index is 876. The Morgan fingerprint density at radius 3 is 2.83 bits per heavy atom. The topological polar surface area (TPSA) is 54.9 Å². The highest BCUT2D eigenvalue weighted by atomic mass is 35.5. The van der Waals surface area contributed by atoms with E-state index < -0.39 is 0 Å². The molecule has 4 nitrogen and oxygen atoms in total. The molecule has 1 amide bonds. The second-order valence-electron chi connectivity index (χ2n) is 5.16. The van der Waals surface area contributed by atoms with Crippen molar-refractivity contribution in [1.82, 2.24) is 9.97 Å². The summed E-state index contributed by atoms with van der Waals surface area (Å²) in [7, 11) is 0. The molecule has 0 fully saturated rings. The van der Waals surface area contributed by atoms with Crippen molar-refractivity contribution in [2.45, 2.75) is 13.8 Å². The van der Waals surface area contributed by atoms with Crippen LogP contribution in [0.2, 0.25) is 5.02 Å². The molecule has 3 aromatic rings. The average molecular weight is 344 g/mol. The Hall–Kier alpha value is -2.24. The van der Waals surface area contributed by atoms with Crippen molar-refractivity contribution in [3.8, 4) is 10.4 Å². The van der Waals surface area contributed by atoms with Crippen LogP contribution in [-0.2, 0) is 0 Å². The molecule has 3 rings (SSSR count). The smallest absolute Gasteiger partial charge is 0.284 e. The van der Waals surface area contributed by atoms with Crippen molar-refractivity contribution in [3.63, 3.8) is 0 Å². The number of nitrogens with zero attached hydrogens (tertiary/aromatic N) is 2. The number of carbonyl (C=O) groups excluding carboxylic acids is 1. The molecule has 0 radical (unpaired) electrons. The first-order chi connectivity index (χ1) is 11.0. The van der Waals surface area contributed by atoms with E-state index in [1.807, 2.05) is 32.0 Å². The van der Waals surface area contributed by atoms with Gasteiger partial charge in [0.25, 0.3) is 5.91 Å². The minimum atomic E-state index is -0.237. The van der Waals surface area contributed by atoms with Crippen LogP contribution in [0.4, 0.5) is 5.69 Å². The Kier molecular flexibility index (Phi) is 4.41. The van der Waals surface area contributed by atoms with Crippen LogP contribution in [0.1, 0.15) is 20.9 Å². The maximum atomic E-state index is 12.3. The third kappa shape index (κ3) is 3.41. The molecule has 0 atom stereocenters. The van der Waals surface area contributed by atoms with E-state index in [2.05, 4.69) is 15.3 Å². The van der Waals surface area contributed by atoms with Gasteiger partial charge in [0, 0.05) is 34.9 Å². The summed E-state index contributed by atoms with van der Waals surface area (Å²) in [6.45, 7) is 3.89. The number of hydrogen-bond acceptors (Lipinski definition) is 4. The largest absolute Gasteiger partial charge is 0.320 e. The molecule has 0 saturated carbocycles. The van der Waals surface area contributed by atoms with E-state index >= 15 is 0 Å². The number of rotatable bonds is 3. The van der Waals surface area contributed by atoms with Gasteiger partial charge in [-0.3, -0.25) is 9.78 Å². The van der Waals surface area contributed by atoms with Crippen LogP contribution < -0.4 is 5.32 Å². The van der Waals surface area contributed by atoms with E-state index in [4.69, 9.17) is 11.6 Å². The van der Waals surface area contributed by atoms with Crippen molar-refractivity contribution >= 4 is 34.5 Å². The number of halogens is 1. The van der Waals surface area contributed by atoms with E-state index in [1.165, 1.54) is 11.3 Å². The van der Waals surface area contributed by atoms with Crippen molar-refractivity contribution in [2.75, 3.05) is 5.32 Å². The van der Waals surface area contributed by atoms with Crippen LogP contribution in [0.15, 0.2) is 42.9 Å². The summed E-state index contributed by atoms with van der Waals surface area (Å²) in [6.07, 6.45) is 5.03.